The molecule has 2 aromatic heterocycles. The molecule has 2 heterocycles. The largest absolute Gasteiger partial charge is 0.384 e. The van der Waals surface area contributed by atoms with Crippen molar-refractivity contribution in [3.63, 3.8) is 0 Å². The molecule has 7 heteroatoms. The summed E-state index contributed by atoms with van der Waals surface area (Å²) in [5.74, 6) is 0.987. The van der Waals surface area contributed by atoms with E-state index in [9.17, 15) is 4.79 Å². The molecular formula is C14H17N3O3S. The number of methoxy groups -OCH3 is 1. The molecule has 1 aliphatic rings. The third-order valence-corrected chi connectivity index (χ3v) is 4.68. The van der Waals surface area contributed by atoms with Gasteiger partial charge in [-0.3, -0.25) is 4.79 Å². The molecule has 1 N–H and O–H groups in total. The van der Waals surface area contributed by atoms with E-state index in [0.29, 0.717) is 18.3 Å². The van der Waals surface area contributed by atoms with Crippen LogP contribution in [0.3, 0.4) is 0 Å². The summed E-state index contributed by atoms with van der Waals surface area (Å²) in [6, 6.07) is 3.85. The van der Waals surface area contributed by atoms with Crippen molar-refractivity contribution in [1.82, 2.24) is 15.5 Å². The topological polar surface area (TPSA) is 77.2 Å². The lowest BCUT2D eigenvalue weighted by Gasteiger charge is -2.39. The van der Waals surface area contributed by atoms with Gasteiger partial charge in [-0.05, 0) is 24.3 Å². The van der Waals surface area contributed by atoms with Gasteiger partial charge in [0.15, 0.2) is 5.82 Å². The Labute approximate surface area is 126 Å². The van der Waals surface area contributed by atoms with Crippen molar-refractivity contribution in [2.75, 3.05) is 13.7 Å². The van der Waals surface area contributed by atoms with Crippen LogP contribution in [0.1, 0.15) is 25.1 Å². The molecule has 1 saturated carbocycles. The number of carbonyl (C=O) groups is 1. The van der Waals surface area contributed by atoms with Gasteiger partial charge in [0.2, 0.25) is 5.91 Å². The zero-order valence-electron chi connectivity index (χ0n) is 11.8. The fourth-order valence-corrected chi connectivity index (χ4v) is 3.13. The van der Waals surface area contributed by atoms with Gasteiger partial charge in [-0.25, -0.2) is 0 Å². The second-order valence-electron chi connectivity index (χ2n) is 5.24. The first-order chi connectivity index (χ1) is 10.2. The summed E-state index contributed by atoms with van der Waals surface area (Å²) >= 11 is 1.54. The minimum absolute atomic E-state index is 0.0121. The van der Waals surface area contributed by atoms with Gasteiger partial charge < -0.3 is 14.6 Å². The Morgan fingerprint density at radius 2 is 2.43 bits per heavy atom. The highest BCUT2D eigenvalue weighted by atomic mass is 32.1. The normalized spacial score (nSPS) is 16.4. The molecule has 0 atom stereocenters. The van der Waals surface area contributed by atoms with Crippen molar-refractivity contribution < 1.29 is 14.1 Å². The van der Waals surface area contributed by atoms with Crippen LogP contribution >= 0.6 is 11.3 Å². The van der Waals surface area contributed by atoms with Crippen molar-refractivity contribution in [3.8, 4) is 10.8 Å². The van der Waals surface area contributed by atoms with Crippen LogP contribution in [0.15, 0.2) is 22.0 Å². The fraction of sp³-hybridized carbons (Fsp3) is 0.500. The zero-order chi connectivity index (χ0) is 14.7. The van der Waals surface area contributed by atoms with Crippen LogP contribution in [0.4, 0.5) is 0 Å². The van der Waals surface area contributed by atoms with E-state index in [4.69, 9.17) is 9.26 Å². The van der Waals surface area contributed by atoms with Crippen molar-refractivity contribution in [3.05, 3.63) is 23.3 Å². The van der Waals surface area contributed by atoms with E-state index in [1.165, 1.54) is 11.3 Å². The lowest BCUT2D eigenvalue weighted by Crippen LogP contribution is -2.48. The number of ether oxygens (including phenoxy) is 1. The van der Waals surface area contributed by atoms with Crippen molar-refractivity contribution >= 4 is 17.2 Å². The molecule has 2 aromatic rings. The molecule has 0 saturated heterocycles. The third-order valence-electron chi connectivity index (χ3n) is 3.82. The average molecular weight is 307 g/mol. The number of amides is 1. The molecule has 1 amide bonds. The Balaban J connectivity index is 1.59. The third kappa shape index (κ3) is 2.84. The van der Waals surface area contributed by atoms with Crippen LogP contribution in [0, 0.1) is 5.41 Å². The van der Waals surface area contributed by atoms with Gasteiger partial charge >= 0.3 is 0 Å². The summed E-state index contributed by atoms with van der Waals surface area (Å²) in [5.41, 5.74) is -0.366. The van der Waals surface area contributed by atoms with Crippen molar-refractivity contribution in [2.24, 2.45) is 5.41 Å². The number of nitrogens with zero attached hydrogens (tertiary/aromatic N) is 2. The predicted molar refractivity (Wildman–Crippen MR) is 77.6 cm³/mol. The molecule has 0 aromatic carbocycles. The SMILES string of the molecule is COCC1(C(=O)NCc2noc(-c3cccs3)n2)CCC1. The quantitative estimate of drug-likeness (QED) is 0.885. The Kier molecular flexibility index (Phi) is 4.03. The summed E-state index contributed by atoms with van der Waals surface area (Å²) in [7, 11) is 1.62. The van der Waals surface area contributed by atoms with E-state index in [-0.39, 0.29) is 17.9 Å². The summed E-state index contributed by atoms with van der Waals surface area (Å²) in [4.78, 5) is 17.5. The van der Waals surface area contributed by atoms with E-state index in [0.717, 1.165) is 24.1 Å². The van der Waals surface area contributed by atoms with Crippen LogP contribution in [-0.2, 0) is 16.1 Å². The molecule has 3 rings (SSSR count). The lowest BCUT2D eigenvalue weighted by molar-refractivity contribution is -0.140. The van der Waals surface area contributed by atoms with E-state index in [2.05, 4.69) is 15.5 Å². The van der Waals surface area contributed by atoms with Gasteiger partial charge in [-0.15, -0.1) is 11.3 Å². The van der Waals surface area contributed by atoms with Crippen LogP contribution in [-0.4, -0.2) is 29.8 Å². The smallest absolute Gasteiger partial charge is 0.268 e. The number of hydrogen-bond donors (Lipinski definition) is 1. The van der Waals surface area contributed by atoms with Crippen LogP contribution in [0.25, 0.3) is 10.8 Å². The summed E-state index contributed by atoms with van der Waals surface area (Å²) in [6.45, 7) is 0.741. The molecule has 112 valence electrons. The molecule has 0 aliphatic heterocycles. The monoisotopic (exact) mass is 307 g/mol. The number of nitrogens with one attached hydrogen (secondary N) is 1. The van der Waals surface area contributed by atoms with Gasteiger partial charge in [-0.2, -0.15) is 4.98 Å². The molecule has 21 heavy (non-hydrogen) atoms. The van der Waals surface area contributed by atoms with Crippen molar-refractivity contribution in [2.45, 2.75) is 25.8 Å². The zero-order valence-corrected chi connectivity index (χ0v) is 12.6. The lowest BCUT2D eigenvalue weighted by atomic mass is 9.68. The maximum absolute atomic E-state index is 12.3. The maximum Gasteiger partial charge on any atom is 0.268 e. The fourth-order valence-electron chi connectivity index (χ4n) is 2.49. The van der Waals surface area contributed by atoms with Crippen LogP contribution in [0.2, 0.25) is 0 Å². The minimum atomic E-state index is -0.366. The number of hydrogen-bond acceptors (Lipinski definition) is 6. The predicted octanol–water partition coefficient (Wildman–Crippen LogP) is 2.23. The van der Waals surface area contributed by atoms with Gasteiger partial charge in [0.05, 0.1) is 23.4 Å². The molecule has 0 bridgehead atoms. The molecule has 1 fully saturated rings. The molecule has 0 radical (unpaired) electrons. The molecule has 0 spiro atoms. The van der Waals surface area contributed by atoms with Crippen LogP contribution in [0.5, 0.6) is 0 Å². The van der Waals surface area contributed by atoms with Gasteiger partial charge in [0.25, 0.3) is 5.89 Å². The minimum Gasteiger partial charge on any atom is -0.384 e. The van der Waals surface area contributed by atoms with E-state index < -0.39 is 0 Å². The highest BCUT2D eigenvalue weighted by Gasteiger charge is 2.44. The average Bonchev–Trinajstić information content (AvgIpc) is 3.10. The van der Waals surface area contributed by atoms with Gasteiger partial charge in [0.1, 0.15) is 0 Å². The molecule has 0 unspecified atom stereocenters. The summed E-state index contributed by atoms with van der Waals surface area (Å²) in [5, 5.41) is 8.73. The Hall–Kier alpha value is -1.73. The second kappa shape index (κ2) is 5.95. The Bertz CT molecular complexity index is 605. The number of rotatable bonds is 6. The van der Waals surface area contributed by atoms with E-state index in [1.807, 2.05) is 17.5 Å². The van der Waals surface area contributed by atoms with Gasteiger partial charge in [-0.1, -0.05) is 17.6 Å². The Morgan fingerprint density at radius 3 is 3.05 bits per heavy atom. The first-order valence-corrected chi connectivity index (χ1v) is 7.75. The van der Waals surface area contributed by atoms with Gasteiger partial charge in [0, 0.05) is 7.11 Å². The first kappa shape index (κ1) is 14.2. The number of aromatic nitrogens is 2. The molecule has 1 aliphatic carbocycles. The number of carbonyl (C=O) groups excluding carboxylic acids is 1. The maximum atomic E-state index is 12.3. The van der Waals surface area contributed by atoms with E-state index in [1.54, 1.807) is 7.11 Å². The number of thiophene rings is 1. The Morgan fingerprint density at radius 1 is 1.57 bits per heavy atom. The highest BCUT2D eigenvalue weighted by molar-refractivity contribution is 7.13. The van der Waals surface area contributed by atoms with Crippen LogP contribution < -0.4 is 5.32 Å². The standard InChI is InChI=1S/C14H17N3O3S/c1-19-9-14(5-3-6-14)13(18)15-8-11-16-12(20-17-11)10-4-2-7-21-10/h2,4,7H,3,5-6,8-9H2,1H3,(H,15,18). The second-order valence-corrected chi connectivity index (χ2v) is 6.19. The first-order valence-electron chi connectivity index (χ1n) is 6.87. The molecular weight excluding hydrogens is 290 g/mol. The van der Waals surface area contributed by atoms with Crippen molar-refractivity contribution in [1.29, 1.82) is 0 Å². The highest BCUT2D eigenvalue weighted by Crippen LogP contribution is 2.41. The summed E-state index contributed by atoms with van der Waals surface area (Å²) in [6.07, 6.45) is 2.82. The summed E-state index contributed by atoms with van der Waals surface area (Å²) < 4.78 is 10.4. The van der Waals surface area contributed by atoms with E-state index >= 15 is 0 Å². The molecule has 6 nitrogen and oxygen atoms in total.